The number of carbonyl (C=O) groups is 2. The van der Waals surface area contributed by atoms with Gasteiger partial charge in [0.1, 0.15) is 5.52 Å². The van der Waals surface area contributed by atoms with Gasteiger partial charge in [0.2, 0.25) is 18.2 Å². The number of aromatic nitrogens is 3. The number of hydrazine groups is 1. The molecule has 0 unspecified atom stereocenters. The summed E-state index contributed by atoms with van der Waals surface area (Å²) in [5, 5.41) is 7.78. The van der Waals surface area contributed by atoms with E-state index < -0.39 is 5.91 Å². The van der Waals surface area contributed by atoms with Crippen molar-refractivity contribution in [3.8, 4) is 11.5 Å². The third-order valence-electron chi connectivity index (χ3n) is 3.67. The molecule has 9 nitrogen and oxygen atoms in total. The van der Waals surface area contributed by atoms with Gasteiger partial charge < -0.3 is 8.83 Å². The molecule has 0 atom stereocenters. The van der Waals surface area contributed by atoms with Gasteiger partial charge in [-0.05, 0) is 36.4 Å². The summed E-state index contributed by atoms with van der Waals surface area (Å²) in [6.07, 6.45) is 1.23. The first-order valence-corrected chi connectivity index (χ1v) is 9.12. The maximum absolute atomic E-state index is 12.1. The third-order valence-corrected chi connectivity index (χ3v) is 4.50. The second-order valence-electron chi connectivity index (χ2n) is 5.56. The van der Waals surface area contributed by atoms with E-state index in [0.29, 0.717) is 27.8 Å². The van der Waals surface area contributed by atoms with Gasteiger partial charge in [-0.25, -0.2) is 4.98 Å². The fourth-order valence-electron chi connectivity index (χ4n) is 2.34. The molecule has 0 bridgehead atoms. The van der Waals surface area contributed by atoms with Gasteiger partial charge in [0.05, 0.1) is 5.75 Å². The van der Waals surface area contributed by atoms with E-state index in [4.69, 9.17) is 8.83 Å². The van der Waals surface area contributed by atoms with E-state index in [-0.39, 0.29) is 11.7 Å². The molecular weight excluding hydrogens is 382 g/mol. The Kier molecular flexibility index (Phi) is 5.02. The van der Waals surface area contributed by atoms with Gasteiger partial charge in [0.15, 0.2) is 5.58 Å². The molecule has 4 rings (SSSR count). The summed E-state index contributed by atoms with van der Waals surface area (Å²) in [6.45, 7) is 0. The number of benzene rings is 2. The lowest BCUT2D eigenvalue weighted by atomic mass is 10.1. The molecule has 0 saturated carbocycles. The summed E-state index contributed by atoms with van der Waals surface area (Å²) < 4.78 is 10.6. The minimum atomic E-state index is -0.447. The van der Waals surface area contributed by atoms with Gasteiger partial charge in [0.25, 0.3) is 11.1 Å². The standard InChI is InChI=1S/C18H13N5O4S/c24-15(9-28-18-20-13-3-1-2-4-14(13)27-18)21-22-16(25)11-5-7-12(8-6-11)17-23-19-10-26-17/h1-8,10H,9H2,(H,21,24)(H,22,25). The van der Waals surface area contributed by atoms with Crippen LogP contribution in [0.1, 0.15) is 10.4 Å². The van der Waals surface area contributed by atoms with Gasteiger partial charge in [-0.3, -0.25) is 20.4 Å². The summed E-state index contributed by atoms with van der Waals surface area (Å²) in [4.78, 5) is 28.3. The number of para-hydroxylation sites is 2. The van der Waals surface area contributed by atoms with Gasteiger partial charge in [-0.15, -0.1) is 10.2 Å². The van der Waals surface area contributed by atoms with Crippen molar-refractivity contribution in [2.45, 2.75) is 5.22 Å². The lowest BCUT2D eigenvalue weighted by Crippen LogP contribution is -2.42. The van der Waals surface area contributed by atoms with Gasteiger partial charge in [-0.2, -0.15) is 0 Å². The van der Waals surface area contributed by atoms with Gasteiger partial charge in [0, 0.05) is 11.1 Å². The van der Waals surface area contributed by atoms with Crippen LogP contribution in [0, 0.1) is 0 Å². The number of hydrogen-bond donors (Lipinski definition) is 2. The normalized spacial score (nSPS) is 10.7. The number of hydrogen-bond acceptors (Lipinski definition) is 8. The largest absolute Gasteiger partial charge is 0.431 e. The van der Waals surface area contributed by atoms with E-state index in [1.807, 2.05) is 18.2 Å². The second kappa shape index (κ2) is 7.92. The highest BCUT2D eigenvalue weighted by Crippen LogP contribution is 2.22. The molecule has 28 heavy (non-hydrogen) atoms. The van der Waals surface area contributed by atoms with Gasteiger partial charge >= 0.3 is 0 Å². The summed E-state index contributed by atoms with van der Waals surface area (Å²) in [6, 6.07) is 13.9. The number of carbonyl (C=O) groups excluding carboxylic acids is 2. The molecular formula is C18H13N5O4S. The van der Waals surface area contributed by atoms with E-state index in [9.17, 15) is 9.59 Å². The van der Waals surface area contributed by atoms with Crippen molar-refractivity contribution >= 4 is 34.7 Å². The van der Waals surface area contributed by atoms with E-state index in [1.165, 1.54) is 6.39 Å². The quantitative estimate of drug-likeness (QED) is 0.390. The Bertz CT molecular complexity index is 1080. The predicted octanol–water partition coefficient (Wildman–Crippen LogP) is 2.43. The number of oxazole rings is 1. The molecule has 0 aliphatic carbocycles. The van der Waals surface area contributed by atoms with Crippen molar-refractivity contribution < 1.29 is 18.4 Å². The first-order chi connectivity index (χ1) is 13.7. The highest BCUT2D eigenvalue weighted by Gasteiger charge is 2.11. The van der Waals surface area contributed by atoms with Crippen molar-refractivity contribution in [2.75, 3.05) is 5.75 Å². The first-order valence-electron chi connectivity index (χ1n) is 8.13. The number of nitrogens with zero attached hydrogens (tertiary/aromatic N) is 3. The van der Waals surface area contributed by atoms with Crippen molar-refractivity contribution in [1.82, 2.24) is 26.0 Å². The van der Waals surface area contributed by atoms with Gasteiger partial charge in [-0.1, -0.05) is 23.9 Å². The average Bonchev–Trinajstić information content (AvgIpc) is 3.40. The average molecular weight is 395 g/mol. The molecule has 0 aliphatic rings. The van der Waals surface area contributed by atoms with Crippen LogP contribution in [-0.2, 0) is 4.79 Å². The molecule has 2 heterocycles. The molecule has 0 aliphatic heterocycles. The van der Waals surface area contributed by atoms with E-state index in [1.54, 1.807) is 30.3 Å². The zero-order valence-electron chi connectivity index (χ0n) is 14.3. The topological polar surface area (TPSA) is 123 Å². The molecule has 4 aromatic rings. The molecule has 2 aromatic carbocycles. The second-order valence-corrected chi connectivity index (χ2v) is 6.49. The van der Waals surface area contributed by atoms with E-state index in [2.05, 4.69) is 26.0 Å². The minimum Gasteiger partial charge on any atom is -0.431 e. The van der Waals surface area contributed by atoms with Crippen LogP contribution >= 0.6 is 11.8 Å². The number of thioether (sulfide) groups is 1. The Balaban J connectivity index is 1.27. The van der Waals surface area contributed by atoms with Crippen LogP contribution in [0.2, 0.25) is 0 Å². The smallest absolute Gasteiger partial charge is 0.269 e. The summed E-state index contributed by atoms with van der Waals surface area (Å²) in [5.41, 5.74) is 7.16. The summed E-state index contributed by atoms with van der Waals surface area (Å²) in [7, 11) is 0. The van der Waals surface area contributed by atoms with Crippen molar-refractivity contribution in [2.24, 2.45) is 0 Å². The molecule has 10 heteroatoms. The fraction of sp³-hybridized carbons (Fsp3) is 0.0556. The Hall–Kier alpha value is -3.66. The Morgan fingerprint density at radius 2 is 1.86 bits per heavy atom. The lowest BCUT2D eigenvalue weighted by Gasteiger charge is -2.06. The van der Waals surface area contributed by atoms with E-state index in [0.717, 1.165) is 17.3 Å². The lowest BCUT2D eigenvalue weighted by molar-refractivity contribution is -0.119. The number of nitrogens with one attached hydrogen (secondary N) is 2. The van der Waals surface area contributed by atoms with Crippen LogP contribution in [0.3, 0.4) is 0 Å². The summed E-state index contributed by atoms with van der Waals surface area (Å²) >= 11 is 1.14. The monoisotopic (exact) mass is 395 g/mol. The Morgan fingerprint density at radius 1 is 1.04 bits per heavy atom. The highest BCUT2D eigenvalue weighted by atomic mass is 32.2. The van der Waals surface area contributed by atoms with Crippen molar-refractivity contribution in [1.29, 1.82) is 0 Å². The zero-order chi connectivity index (χ0) is 19.3. The molecule has 0 fully saturated rings. The first kappa shape index (κ1) is 17.7. The summed E-state index contributed by atoms with van der Waals surface area (Å²) in [5.74, 6) is -0.430. The SMILES string of the molecule is O=C(CSc1nc2ccccc2o1)NNC(=O)c1ccc(-c2nnco2)cc1. The molecule has 0 radical (unpaired) electrons. The maximum atomic E-state index is 12.1. The predicted molar refractivity (Wildman–Crippen MR) is 100 cm³/mol. The Morgan fingerprint density at radius 3 is 2.61 bits per heavy atom. The third kappa shape index (κ3) is 4.01. The van der Waals surface area contributed by atoms with Crippen LogP contribution in [0.4, 0.5) is 0 Å². The van der Waals surface area contributed by atoms with Crippen molar-refractivity contribution in [3.63, 3.8) is 0 Å². The molecule has 2 aromatic heterocycles. The van der Waals surface area contributed by atoms with Crippen LogP contribution in [0.25, 0.3) is 22.6 Å². The number of rotatable bonds is 5. The van der Waals surface area contributed by atoms with Crippen LogP contribution in [-0.4, -0.2) is 32.7 Å². The van der Waals surface area contributed by atoms with Crippen molar-refractivity contribution in [3.05, 3.63) is 60.5 Å². The number of fused-ring (bicyclic) bond motifs is 1. The highest BCUT2D eigenvalue weighted by molar-refractivity contribution is 7.99. The maximum Gasteiger partial charge on any atom is 0.269 e. The van der Waals surface area contributed by atoms with E-state index >= 15 is 0 Å². The fourth-order valence-corrected chi connectivity index (χ4v) is 2.98. The molecule has 0 spiro atoms. The molecule has 2 amide bonds. The zero-order valence-corrected chi connectivity index (χ0v) is 15.1. The molecule has 2 N–H and O–H groups in total. The van der Waals surface area contributed by atoms with Crippen LogP contribution < -0.4 is 10.9 Å². The van der Waals surface area contributed by atoms with Crippen LogP contribution in [0.5, 0.6) is 0 Å². The number of amides is 2. The molecule has 140 valence electrons. The Labute approximate surface area is 162 Å². The minimum absolute atomic E-state index is 0.0448. The van der Waals surface area contributed by atoms with Crippen LogP contribution in [0.15, 0.2) is 69.0 Å². The molecule has 0 saturated heterocycles.